The maximum atomic E-state index is 12.1. The van der Waals surface area contributed by atoms with Crippen molar-refractivity contribution in [3.8, 4) is 0 Å². The molecule has 1 atom stereocenters. The SMILES string of the molecule is CCN(CC)c1ccc(C(=O)N/N=C\[C@@H](C)c2ccccc2)cc1. The highest BCUT2D eigenvalue weighted by atomic mass is 16.2. The molecule has 0 radical (unpaired) electrons. The Morgan fingerprint density at radius 3 is 2.29 bits per heavy atom. The van der Waals surface area contributed by atoms with Crippen molar-refractivity contribution in [3.05, 3.63) is 65.7 Å². The van der Waals surface area contributed by atoms with Gasteiger partial charge in [-0.25, -0.2) is 5.43 Å². The van der Waals surface area contributed by atoms with Crippen LogP contribution in [0.5, 0.6) is 0 Å². The van der Waals surface area contributed by atoms with E-state index in [1.54, 1.807) is 6.21 Å². The fourth-order valence-electron chi connectivity index (χ4n) is 2.53. The van der Waals surface area contributed by atoms with Crippen LogP contribution < -0.4 is 10.3 Å². The van der Waals surface area contributed by atoms with E-state index in [2.05, 4.69) is 29.3 Å². The van der Waals surface area contributed by atoms with E-state index < -0.39 is 0 Å². The maximum absolute atomic E-state index is 12.1. The lowest BCUT2D eigenvalue weighted by molar-refractivity contribution is 0.0955. The van der Waals surface area contributed by atoms with E-state index in [4.69, 9.17) is 0 Å². The molecule has 2 rings (SSSR count). The van der Waals surface area contributed by atoms with Crippen LogP contribution in [0.1, 0.15) is 42.6 Å². The molecule has 1 N–H and O–H groups in total. The van der Waals surface area contributed by atoms with Crippen molar-refractivity contribution in [2.45, 2.75) is 26.7 Å². The van der Waals surface area contributed by atoms with Gasteiger partial charge in [0, 0.05) is 36.5 Å². The van der Waals surface area contributed by atoms with Gasteiger partial charge < -0.3 is 4.90 Å². The quantitative estimate of drug-likeness (QED) is 0.617. The molecule has 0 heterocycles. The summed E-state index contributed by atoms with van der Waals surface area (Å²) in [4.78, 5) is 14.4. The summed E-state index contributed by atoms with van der Waals surface area (Å²) < 4.78 is 0. The number of hydrazone groups is 1. The Labute approximate surface area is 144 Å². The second-order valence-corrected chi connectivity index (χ2v) is 5.64. The number of amides is 1. The van der Waals surface area contributed by atoms with Gasteiger partial charge in [-0.3, -0.25) is 4.79 Å². The Morgan fingerprint density at radius 1 is 1.08 bits per heavy atom. The molecular formula is C20H25N3O. The van der Waals surface area contributed by atoms with Gasteiger partial charge in [-0.15, -0.1) is 0 Å². The second kappa shape index (κ2) is 8.87. The molecule has 2 aromatic rings. The zero-order chi connectivity index (χ0) is 17.4. The molecule has 24 heavy (non-hydrogen) atoms. The summed E-state index contributed by atoms with van der Waals surface area (Å²) in [5.74, 6) is -0.0471. The molecule has 0 aliphatic rings. The number of hydrogen-bond acceptors (Lipinski definition) is 3. The van der Waals surface area contributed by atoms with Crippen molar-refractivity contribution in [2.75, 3.05) is 18.0 Å². The lowest BCUT2D eigenvalue weighted by Crippen LogP contribution is -2.22. The monoisotopic (exact) mass is 323 g/mol. The van der Waals surface area contributed by atoms with Crippen LogP contribution in [-0.2, 0) is 0 Å². The smallest absolute Gasteiger partial charge is 0.271 e. The molecule has 0 unspecified atom stereocenters. The van der Waals surface area contributed by atoms with Crippen molar-refractivity contribution < 1.29 is 4.79 Å². The first kappa shape index (κ1) is 17.7. The standard InChI is InChI=1S/C20H25N3O/c1-4-23(5-2)19-13-11-18(12-14-19)20(24)22-21-15-16(3)17-9-7-6-8-10-17/h6-16H,4-5H2,1-3H3,(H,22,24)/b21-15-/t16-/m1/s1. The van der Waals surface area contributed by atoms with Gasteiger partial charge in [0.1, 0.15) is 0 Å². The largest absolute Gasteiger partial charge is 0.372 e. The van der Waals surface area contributed by atoms with Crippen LogP contribution in [0.15, 0.2) is 59.7 Å². The van der Waals surface area contributed by atoms with E-state index in [1.807, 2.05) is 61.5 Å². The Bertz CT molecular complexity index is 661. The van der Waals surface area contributed by atoms with Crippen LogP contribution in [0.2, 0.25) is 0 Å². The third-order valence-corrected chi connectivity index (χ3v) is 4.05. The lowest BCUT2D eigenvalue weighted by Gasteiger charge is -2.20. The van der Waals surface area contributed by atoms with E-state index in [1.165, 1.54) is 5.56 Å². The summed E-state index contributed by atoms with van der Waals surface area (Å²) >= 11 is 0. The first-order valence-corrected chi connectivity index (χ1v) is 8.39. The van der Waals surface area contributed by atoms with Gasteiger partial charge in [-0.2, -0.15) is 5.10 Å². The lowest BCUT2D eigenvalue weighted by atomic mass is 10.0. The third kappa shape index (κ3) is 4.69. The summed E-state index contributed by atoms with van der Waals surface area (Å²) in [5.41, 5.74) is 5.49. The van der Waals surface area contributed by atoms with E-state index in [0.717, 1.165) is 18.8 Å². The molecule has 4 nitrogen and oxygen atoms in total. The first-order chi connectivity index (χ1) is 11.7. The van der Waals surface area contributed by atoms with Crippen LogP contribution in [0.25, 0.3) is 0 Å². The predicted molar refractivity (Wildman–Crippen MR) is 101 cm³/mol. The third-order valence-electron chi connectivity index (χ3n) is 4.05. The molecule has 0 bridgehead atoms. The minimum atomic E-state index is -0.197. The number of nitrogens with zero attached hydrogens (tertiary/aromatic N) is 2. The van der Waals surface area contributed by atoms with Gasteiger partial charge in [-0.05, 0) is 43.7 Å². The molecule has 0 fully saturated rings. The summed E-state index contributed by atoms with van der Waals surface area (Å²) in [6, 6.07) is 17.7. The van der Waals surface area contributed by atoms with Gasteiger partial charge in [0.05, 0.1) is 0 Å². The molecule has 0 saturated heterocycles. The summed E-state index contributed by atoms with van der Waals surface area (Å²) in [5, 5.41) is 4.08. The minimum absolute atomic E-state index is 0.150. The molecule has 0 saturated carbocycles. The van der Waals surface area contributed by atoms with Crippen molar-refractivity contribution in [1.29, 1.82) is 0 Å². The van der Waals surface area contributed by atoms with Crippen molar-refractivity contribution in [3.63, 3.8) is 0 Å². The number of rotatable bonds is 7. The Morgan fingerprint density at radius 2 is 1.71 bits per heavy atom. The van der Waals surface area contributed by atoms with Crippen LogP contribution in [0, 0.1) is 0 Å². The number of carbonyl (C=O) groups is 1. The van der Waals surface area contributed by atoms with E-state index >= 15 is 0 Å². The van der Waals surface area contributed by atoms with Gasteiger partial charge >= 0.3 is 0 Å². The molecule has 0 aromatic heterocycles. The number of benzene rings is 2. The highest BCUT2D eigenvalue weighted by Crippen LogP contribution is 2.15. The van der Waals surface area contributed by atoms with Crippen LogP contribution in [0.4, 0.5) is 5.69 Å². The van der Waals surface area contributed by atoms with Gasteiger partial charge in [0.15, 0.2) is 0 Å². The van der Waals surface area contributed by atoms with Crippen molar-refractivity contribution in [2.24, 2.45) is 5.10 Å². The number of nitrogens with one attached hydrogen (secondary N) is 1. The van der Waals surface area contributed by atoms with E-state index in [-0.39, 0.29) is 11.8 Å². The number of anilines is 1. The van der Waals surface area contributed by atoms with Crippen molar-refractivity contribution in [1.82, 2.24) is 5.43 Å². The maximum Gasteiger partial charge on any atom is 0.271 e. The van der Waals surface area contributed by atoms with E-state index in [9.17, 15) is 4.79 Å². The average molecular weight is 323 g/mol. The van der Waals surface area contributed by atoms with Gasteiger partial charge in [0.25, 0.3) is 5.91 Å². The first-order valence-electron chi connectivity index (χ1n) is 8.39. The molecule has 4 heteroatoms. The fraction of sp³-hybridized carbons (Fsp3) is 0.300. The topological polar surface area (TPSA) is 44.7 Å². The Kier molecular flexibility index (Phi) is 6.55. The number of carbonyl (C=O) groups excluding carboxylic acids is 1. The summed E-state index contributed by atoms with van der Waals surface area (Å²) in [7, 11) is 0. The molecule has 0 aliphatic carbocycles. The van der Waals surface area contributed by atoms with Crippen LogP contribution >= 0.6 is 0 Å². The zero-order valence-electron chi connectivity index (χ0n) is 14.6. The van der Waals surface area contributed by atoms with Crippen molar-refractivity contribution >= 4 is 17.8 Å². The average Bonchev–Trinajstić information content (AvgIpc) is 2.64. The van der Waals surface area contributed by atoms with Gasteiger partial charge in [0.2, 0.25) is 0 Å². The predicted octanol–water partition coefficient (Wildman–Crippen LogP) is 4.05. The highest BCUT2D eigenvalue weighted by molar-refractivity contribution is 5.94. The summed E-state index contributed by atoms with van der Waals surface area (Å²) in [6.07, 6.45) is 1.75. The fourth-order valence-corrected chi connectivity index (χ4v) is 2.53. The normalized spacial score (nSPS) is 12.1. The Balaban J connectivity index is 1.94. The molecule has 1 amide bonds. The molecular weight excluding hydrogens is 298 g/mol. The second-order valence-electron chi connectivity index (χ2n) is 5.64. The summed E-state index contributed by atoms with van der Waals surface area (Å²) in [6.45, 7) is 8.18. The molecule has 0 spiro atoms. The molecule has 2 aromatic carbocycles. The van der Waals surface area contributed by atoms with Gasteiger partial charge in [-0.1, -0.05) is 37.3 Å². The Hall–Kier alpha value is -2.62. The zero-order valence-corrected chi connectivity index (χ0v) is 14.6. The molecule has 0 aliphatic heterocycles. The van der Waals surface area contributed by atoms with Crippen LogP contribution in [0.3, 0.4) is 0 Å². The van der Waals surface area contributed by atoms with Crippen LogP contribution in [-0.4, -0.2) is 25.2 Å². The number of hydrogen-bond donors (Lipinski definition) is 1. The minimum Gasteiger partial charge on any atom is -0.372 e. The highest BCUT2D eigenvalue weighted by Gasteiger charge is 2.07. The van der Waals surface area contributed by atoms with E-state index in [0.29, 0.717) is 5.56 Å². The molecule has 126 valence electrons.